The number of nitro groups is 1. The van der Waals surface area contributed by atoms with Crippen LogP contribution in [0.2, 0.25) is 0 Å². The summed E-state index contributed by atoms with van der Waals surface area (Å²) in [5, 5.41) is 16.9. The summed E-state index contributed by atoms with van der Waals surface area (Å²) in [6.07, 6.45) is -0.0899. The molecule has 1 aliphatic heterocycles. The lowest BCUT2D eigenvalue weighted by Crippen LogP contribution is -2.33. The average molecular weight is 255 g/mol. The molecule has 1 heterocycles. The van der Waals surface area contributed by atoms with Gasteiger partial charge in [0.1, 0.15) is 11.5 Å². The molecule has 0 spiro atoms. The maximum Gasteiger partial charge on any atom is 0.292 e. The first kappa shape index (κ1) is 12.7. The van der Waals surface area contributed by atoms with Gasteiger partial charge in [-0.3, -0.25) is 10.1 Å². The molecule has 98 valence electrons. The Morgan fingerprint density at radius 1 is 1.56 bits per heavy atom. The highest BCUT2D eigenvalue weighted by Crippen LogP contribution is 2.26. The van der Waals surface area contributed by atoms with Crippen molar-refractivity contribution in [3.05, 3.63) is 34.1 Å². The normalized spacial score (nSPS) is 23.0. The van der Waals surface area contributed by atoms with Crippen molar-refractivity contribution in [1.82, 2.24) is 5.32 Å². The van der Waals surface area contributed by atoms with E-state index in [2.05, 4.69) is 10.6 Å². The standard InChI is InChI=1S/C11H14FN3O3/c1-18-11-6-13-5-9(11)14-8-4-7(12)2-3-10(8)15(16)17/h2-4,9,11,13-14H,5-6H2,1H3/t9?,11-/m0/s1. The lowest BCUT2D eigenvalue weighted by molar-refractivity contribution is -0.384. The molecule has 1 aliphatic rings. The van der Waals surface area contributed by atoms with Crippen LogP contribution in [0.5, 0.6) is 0 Å². The number of anilines is 1. The number of hydrogen-bond acceptors (Lipinski definition) is 5. The third-order valence-electron chi connectivity index (χ3n) is 2.96. The minimum atomic E-state index is -0.536. The maximum atomic E-state index is 13.2. The molecule has 0 saturated carbocycles. The summed E-state index contributed by atoms with van der Waals surface area (Å²) in [6.45, 7) is 1.28. The lowest BCUT2D eigenvalue weighted by atomic mass is 10.2. The van der Waals surface area contributed by atoms with Crippen molar-refractivity contribution in [2.75, 3.05) is 25.5 Å². The summed E-state index contributed by atoms with van der Waals surface area (Å²) in [5.41, 5.74) is 0.0360. The minimum Gasteiger partial charge on any atom is -0.378 e. The molecule has 0 aliphatic carbocycles. The Morgan fingerprint density at radius 2 is 2.33 bits per heavy atom. The fraction of sp³-hybridized carbons (Fsp3) is 0.455. The van der Waals surface area contributed by atoms with Crippen molar-refractivity contribution in [2.24, 2.45) is 0 Å². The molecule has 2 N–H and O–H groups in total. The number of methoxy groups -OCH3 is 1. The summed E-state index contributed by atoms with van der Waals surface area (Å²) in [5.74, 6) is -0.511. The van der Waals surface area contributed by atoms with Crippen molar-refractivity contribution in [2.45, 2.75) is 12.1 Å². The molecule has 0 aromatic heterocycles. The molecular weight excluding hydrogens is 241 g/mol. The fourth-order valence-electron chi connectivity index (χ4n) is 2.03. The molecule has 18 heavy (non-hydrogen) atoms. The molecule has 1 aromatic carbocycles. The smallest absolute Gasteiger partial charge is 0.292 e. The molecule has 2 atom stereocenters. The van der Waals surface area contributed by atoms with E-state index in [1.807, 2.05) is 0 Å². The van der Waals surface area contributed by atoms with E-state index in [0.29, 0.717) is 13.1 Å². The third-order valence-corrected chi connectivity index (χ3v) is 2.96. The molecule has 1 unspecified atom stereocenters. The van der Waals surface area contributed by atoms with E-state index < -0.39 is 10.7 Å². The molecule has 6 nitrogen and oxygen atoms in total. The Labute approximate surface area is 103 Å². The van der Waals surface area contributed by atoms with Gasteiger partial charge in [0.25, 0.3) is 5.69 Å². The number of nitrogens with one attached hydrogen (secondary N) is 2. The van der Waals surface area contributed by atoms with Crippen molar-refractivity contribution >= 4 is 11.4 Å². The summed E-state index contributed by atoms with van der Waals surface area (Å²) >= 11 is 0. The van der Waals surface area contributed by atoms with Crippen molar-refractivity contribution in [3.8, 4) is 0 Å². The Bertz CT molecular complexity index is 455. The predicted octanol–water partition coefficient (Wildman–Crippen LogP) is 1.13. The molecule has 0 radical (unpaired) electrons. The molecule has 0 amide bonds. The summed E-state index contributed by atoms with van der Waals surface area (Å²) in [7, 11) is 1.58. The quantitative estimate of drug-likeness (QED) is 0.623. The van der Waals surface area contributed by atoms with E-state index in [1.165, 1.54) is 0 Å². The van der Waals surface area contributed by atoms with Gasteiger partial charge in [0.15, 0.2) is 0 Å². The number of nitro benzene ring substituents is 1. The number of nitrogens with zero attached hydrogens (tertiary/aromatic N) is 1. The predicted molar refractivity (Wildman–Crippen MR) is 64.1 cm³/mol. The zero-order valence-corrected chi connectivity index (χ0v) is 9.85. The van der Waals surface area contributed by atoms with Gasteiger partial charge in [0, 0.05) is 32.3 Å². The molecule has 7 heteroatoms. The van der Waals surface area contributed by atoms with Crippen LogP contribution in [0.25, 0.3) is 0 Å². The van der Waals surface area contributed by atoms with Crippen LogP contribution in [0, 0.1) is 15.9 Å². The highest BCUT2D eigenvalue weighted by Gasteiger charge is 2.28. The fourth-order valence-corrected chi connectivity index (χ4v) is 2.03. The van der Waals surface area contributed by atoms with Gasteiger partial charge in [-0.15, -0.1) is 0 Å². The highest BCUT2D eigenvalue weighted by atomic mass is 19.1. The molecule has 1 aromatic rings. The second kappa shape index (κ2) is 5.28. The second-order valence-electron chi connectivity index (χ2n) is 4.10. The SMILES string of the molecule is CO[C@H]1CNCC1Nc1cc(F)ccc1[N+](=O)[O-]. The van der Waals surface area contributed by atoms with E-state index in [-0.39, 0.29) is 23.5 Å². The largest absolute Gasteiger partial charge is 0.378 e. The monoisotopic (exact) mass is 255 g/mol. The van der Waals surface area contributed by atoms with E-state index in [4.69, 9.17) is 4.74 Å². The van der Waals surface area contributed by atoms with Crippen molar-refractivity contribution < 1.29 is 14.1 Å². The van der Waals surface area contributed by atoms with Crippen LogP contribution >= 0.6 is 0 Å². The van der Waals surface area contributed by atoms with Gasteiger partial charge < -0.3 is 15.4 Å². The van der Waals surface area contributed by atoms with Crippen molar-refractivity contribution in [3.63, 3.8) is 0 Å². The summed E-state index contributed by atoms with van der Waals surface area (Å²) in [4.78, 5) is 10.3. The third kappa shape index (κ3) is 2.57. The van der Waals surface area contributed by atoms with E-state index in [1.54, 1.807) is 7.11 Å². The highest BCUT2D eigenvalue weighted by molar-refractivity contribution is 5.62. The number of halogens is 1. The summed E-state index contributed by atoms with van der Waals surface area (Å²) < 4.78 is 18.4. The van der Waals surface area contributed by atoms with Crippen LogP contribution in [0.1, 0.15) is 0 Å². The van der Waals surface area contributed by atoms with Gasteiger partial charge in [-0.1, -0.05) is 0 Å². The van der Waals surface area contributed by atoms with Gasteiger partial charge in [0.05, 0.1) is 17.1 Å². The van der Waals surface area contributed by atoms with Crippen LogP contribution < -0.4 is 10.6 Å². The zero-order valence-electron chi connectivity index (χ0n) is 9.85. The average Bonchev–Trinajstić information content (AvgIpc) is 2.76. The first-order valence-corrected chi connectivity index (χ1v) is 5.56. The molecule has 1 fully saturated rings. The topological polar surface area (TPSA) is 76.4 Å². The van der Waals surface area contributed by atoms with Crippen LogP contribution in [-0.4, -0.2) is 37.3 Å². The molecule has 2 rings (SSSR count). The number of rotatable bonds is 4. The number of ether oxygens (including phenoxy) is 1. The Kier molecular flexibility index (Phi) is 3.73. The van der Waals surface area contributed by atoms with Gasteiger partial charge in [0.2, 0.25) is 0 Å². The first-order chi connectivity index (χ1) is 8.61. The lowest BCUT2D eigenvalue weighted by Gasteiger charge is -2.19. The van der Waals surface area contributed by atoms with E-state index >= 15 is 0 Å². The second-order valence-corrected chi connectivity index (χ2v) is 4.10. The summed E-state index contributed by atoms with van der Waals surface area (Å²) in [6, 6.07) is 3.24. The maximum absolute atomic E-state index is 13.2. The molecule has 0 bridgehead atoms. The van der Waals surface area contributed by atoms with Crippen molar-refractivity contribution in [1.29, 1.82) is 0 Å². The van der Waals surface area contributed by atoms with Gasteiger partial charge >= 0.3 is 0 Å². The Morgan fingerprint density at radius 3 is 3.00 bits per heavy atom. The Balaban J connectivity index is 2.22. The number of benzene rings is 1. The van der Waals surface area contributed by atoms with E-state index in [9.17, 15) is 14.5 Å². The van der Waals surface area contributed by atoms with Gasteiger partial charge in [-0.05, 0) is 6.07 Å². The van der Waals surface area contributed by atoms with Crippen LogP contribution in [-0.2, 0) is 4.74 Å². The van der Waals surface area contributed by atoms with Gasteiger partial charge in [-0.2, -0.15) is 0 Å². The zero-order chi connectivity index (χ0) is 13.1. The number of hydrogen-bond donors (Lipinski definition) is 2. The van der Waals surface area contributed by atoms with Gasteiger partial charge in [-0.25, -0.2) is 4.39 Å². The molecular formula is C11H14FN3O3. The van der Waals surface area contributed by atoms with Crippen LogP contribution in [0.3, 0.4) is 0 Å². The molecule has 1 saturated heterocycles. The minimum absolute atomic E-state index is 0.0899. The first-order valence-electron chi connectivity index (χ1n) is 5.56. The Hall–Kier alpha value is -1.73. The van der Waals surface area contributed by atoms with Crippen LogP contribution in [0.15, 0.2) is 18.2 Å². The van der Waals surface area contributed by atoms with E-state index in [0.717, 1.165) is 18.2 Å². The van der Waals surface area contributed by atoms with Crippen LogP contribution in [0.4, 0.5) is 15.8 Å².